The maximum absolute atomic E-state index is 11.2. The van der Waals surface area contributed by atoms with Crippen LogP contribution in [0.1, 0.15) is 27.7 Å². The van der Waals surface area contributed by atoms with Crippen LogP contribution < -0.4 is 10.6 Å². The van der Waals surface area contributed by atoms with Crippen LogP contribution in [-0.4, -0.2) is 43.9 Å². The Hall–Kier alpha value is -1.30. The van der Waals surface area contributed by atoms with Gasteiger partial charge < -0.3 is 20.1 Å². The van der Waals surface area contributed by atoms with Gasteiger partial charge in [0.1, 0.15) is 12.2 Å². The first-order valence-electron chi connectivity index (χ1n) is 5.66. The van der Waals surface area contributed by atoms with Crippen molar-refractivity contribution in [3.05, 3.63) is 0 Å². The number of hydrogen-bond donors (Lipinski definition) is 2. The molecule has 0 spiro atoms. The van der Waals surface area contributed by atoms with Crippen molar-refractivity contribution < 1.29 is 19.1 Å². The van der Waals surface area contributed by atoms with Crippen LogP contribution in [0.15, 0.2) is 0 Å². The number of carbonyl (C=O) groups is 2. The first-order chi connectivity index (χ1) is 7.85. The molecule has 0 unspecified atom stereocenters. The zero-order valence-electron chi connectivity index (χ0n) is 11.0. The summed E-state index contributed by atoms with van der Waals surface area (Å²) >= 11 is 0. The summed E-state index contributed by atoms with van der Waals surface area (Å²) in [6, 6.07) is 0. The van der Waals surface area contributed by atoms with E-state index in [1.807, 2.05) is 6.92 Å². The number of ether oxygens (including phenoxy) is 2. The smallest absolute Gasteiger partial charge is 0.407 e. The Morgan fingerprint density at radius 1 is 1.12 bits per heavy atom. The molecule has 0 aliphatic rings. The lowest BCUT2D eigenvalue weighted by molar-refractivity contribution is -0.125. The second kappa shape index (κ2) is 7.89. The summed E-state index contributed by atoms with van der Waals surface area (Å²) in [6.45, 7) is 8.41. The second-order valence-corrected chi connectivity index (χ2v) is 4.42. The summed E-state index contributed by atoms with van der Waals surface area (Å²) < 4.78 is 9.94. The Morgan fingerprint density at radius 2 is 1.71 bits per heavy atom. The quantitative estimate of drug-likeness (QED) is 0.675. The molecule has 0 bridgehead atoms. The molecule has 6 heteroatoms. The molecule has 0 saturated heterocycles. The Labute approximate surface area is 102 Å². The Kier molecular flexibility index (Phi) is 7.29. The topological polar surface area (TPSA) is 76.7 Å². The first kappa shape index (κ1) is 15.7. The van der Waals surface area contributed by atoms with Crippen molar-refractivity contribution >= 4 is 12.0 Å². The zero-order chi connectivity index (χ0) is 13.3. The van der Waals surface area contributed by atoms with E-state index in [1.54, 1.807) is 20.8 Å². The van der Waals surface area contributed by atoms with Crippen molar-refractivity contribution in [2.24, 2.45) is 0 Å². The third-order valence-corrected chi connectivity index (χ3v) is 1.55. The summed E-state index contributed by atoms with van der Waals surface area (Å²) in [4.78, 5) is 22.3. The highest BCUT2D eigenvalue weighted by molar-refractivity contribution is 5.77. The van der Waals surface area contributed by atoms with Gasteiger partial charge in [0.15, 0.2) is 0 Å². The van der Waals surface area contributed by atoms with Gasteiger partial charge in [0, 0.05) is 19.7 Å². The van der Waals surface area contributed by atoms with Crippen molar-refractivity contribution in [1.29, 1.82) is 0 Å². The van der Waals surface area contributed by atoms with Gasteiger partial charge in [0.2, 0.25) is 5.91 Å². The van der Waals surface area contributed by atoms with E-state index in [0.717, 1.165) is 0 Å². The molecule has 0 fully saturated rings. The lowest BCUT2D eigenvalue weighted by Crippen LogP contribution is -2.38. The van der Waals surface area contributed by atoms with Crippen LogP contribution in [-0.2, 0) is 14.3 Å². The van der Waals surface area contributed by atoms with Gasteiger partial charge >= 0.3 is 6.09 Å². The molecule has 17 heavy (non-hydrogen) atoms. The van der Waals surface area contributed by atoms with E-state index in [1.165, 1.54) is 0 Å². The summed E-state index contributed by atoms with van der Waals surface area (Å²) in [5.74, 6) is -0.196. The number of nitrogens with one attached hydrogen (secondary N) is 2. The van der Waals surface area contributed by atoms with E-state index in [0.29, 0.717) is 19.7 Å². The van der Waals surface area contributed by atoms with E-state index >= 15 is 0 Å². The van der Waals surface area contributed by atoms with Gasteiger partial charge in [-0.2, -0.15) is 0 Å². The van der Waals surface area contributed by atoms with Crippen LogP contribution >= 0.6 is 0 Å². The van der Waals surface area contributed by atoms with Crippen molar-refractivity contribution in [2.75, 3.05) is 26.3 Å². The number of amides is 2. The van der Waals surface area contributed by atoms with Gasteiger partial charge in [-0.1, -0.05) is 0 Å². The number of carbonyl (C=O) groups excluding carboxylic acids is 2. The normalized spacial score (nSPS) is 10.8. The highest BCUT2D eigenvalue weighted by atomic mass is 16.6. The Bertz CT molecular complexity index is 248. The zero-order valence-corrected chi connectivity index (χ0v) is 11.0. The lowest BCUT2D eigenvalue weighted by Gasteiger charge is -2.19. The largest absolute Gasteiger partial charge is 0.444 e. The number of hydrogen-bond acceptors (Lipinski definition) is 4. The van der Waals surface area contributed by atoms with Gasteiger partial charge in [0.25, 0.3) is 0 Å². The molecule has 0 aromatic carbocycles. The molecule has 2 N–H and O–H groups in total. The van der Waals surface area contributed by atoms with Crippen LogP contribution in [0.25, 0.3) is 0 Å². The van der Waals surface area contributed by atoms with E-state index in [-0.39, 0.29) is 12.5 Å². The molecule has 2 amide bonds. The Morgan fingerprint density at radius 3 is 2.24 bits per heavy atom. The van der Waals surface area contributed by atoms with Crippen LogP contribution in [0.2, 0.25) is 0 Å². The first-order valence-corrected chi connectivity index (χ1v) is 5.66. The molecule has 0 aromatic rings. The molecule has 0 atom stereocenters. The van der Waals surface area contributed by atoms with E-state index in [9.17, 15) is 9.59 Å². The van der Waals surface area contributed by atoms with E-state index in [2.05, 4.69) is 10.6 Å². The minimum atomic E-state index is -0.512. The molecule has 0 aromatic heterocycles. The molecular formula is C11H22N2O4. The Balaban J connectivity index is 3.51. The summed E-state index contributed by atoms with van der Waals surface area (Å²) in [6.07, 6.45) is -0.489. The van der Waals surface area contributed by atoms with Gasteiger partial charge in [-0.25, -0.2) is 4.79 Å². The maximum atomic E-state index is 11.2. The van der Waals surface area contributed by atoms with E-state index < -0.39 is 11.7 Å². The van der Waals surface area contributed by atoms with Crippen LogP contribution in [0.5, 0.6) is 0 Å². The van der Waals surface area contributed by atoms with Crippen LogP contribution in [0.3, 0.4) is 0 Å². The third kappa shape index (κ3) is 11.0. The van der Waals surface area contributed by atoms with Crippen LogP contribution in [0, 0.1) is 0 Å². The summed E-state index contributed by atoms with van der Waals surface area (Å²) in [5.41, 5.74) is -0.512. The van der Waals surface area contributed by atoms with Crippen molar-refractivity contribution in [3.63, 3.8) is 0 Å². The highest BCUT2D eigenvalue weighted by Gasteiger charge is 2.15. The SMILES string of the molecule is CCOCC(=O)NCCNC(=O)OC(C)(C)C. The maximum Gasteiger partial charge on any atom is 0.407 e. The summed E-state index contributed by atoms with van der Waals surface area (Å²) in [7, 11) is 0. The highest BCUT2D eigenvalue weighted by Crippen LogP contribution is 2.05. The average molecular weight is 246 g/mol. The minimum absolute atomic E-state index is 0.0446. The molecule has 0 rings (SSSR count). The molecule has 0 aliphatic heterocycles. The van der Waals surface area contributed by atoms with Gasteiger partial charge in [0.05, 0.1) is 0 Å². The number of rotatable bonds is 6. The van der Waals surface area contributed by atoms with Gasteiger partial charge in [-0.15, -0.1) is 0 Å². The fourth-order valence-electron chi connectivity index (χ4n) is 0.926. The van der Waals surface area contributed by atoms with Gasteiger partial charge in [-0.3, -0.25) is 4.79 Å². The molecule has 0 radical (unpaired) electrons. The number of alkyl carbamates (subject to hydrolysis) is 1. The molecule has 0 saturated carbocycles. The van der Waals surface area contributed by atoms with Crippen LogP contribution in [0.4, 0.5) is 4.79 Å². The van der Waals surface area contributed by atoms with Gasteiger partial charge in [-0.05, 0) is 27.7 Å². The second-order valence-electron chi connectivity index (χ2n) is 4.42. The minimum Gasteiger partial charge on any atom is -0.444 e. The van der Waals surface area contributed by atoms with Crippen molar-refractivity contribution in [3.8, 4) is 0 Å². The predicted octanol–water partition coefficient (Wildman–Crippen LogP) is 0.664. The standard InChI is InChI=1S/C11H22N2O4/c1-5-16-8-9(14)12-6-7-13-10(15)17-11(2,3)4/h5-8H2,1-4H3,(H,12,14)(H,13,15). The predicted molar refractivity (Wildman–Crippen MR) is 63.7 cm³/mol. The molecule has 6 nitrogen and oxygen atoms in total. The fraction of sp³-hybridized carbons (Fsp3) is 0.818. The van der Waals surface area contributed by atoms with E-state index in [4.69, 9.17) is 9.47 Å². The fourth-order valence-corrected chi connectivity index (χ4v) is 0.926. The lowest BCUT2D eigenvalue weighted by atomic mass is 10.2. The molecule has 0 aliphatic carbocycles. The molecule has 100 valence electrons. The van der Waals surface area contributed by atoms with Crippen molar-refractivity contribution in [2.45, 2.75) is 33.3 Å². The molecule has 0 heterocycles. The molecular weight excluding hydrogens is 224 g/mol. The summed E-state index contributed by atoms with van der Waals surface area (Å²) in [5, 5.41) is 5.14. The van der Waals surface area contributed by atoms with Crippen molar-refractivity contribution in [1.82, 2.24) is 10.6 Å². The monoisotopic (exact) mass is 246 g/mol. The third-order valence-electron chi connectivity index (χ3n) is 1.55. The average Bonchev–Trinajstić information content (AvgIpc) is 2.19.